The van der Waals surface area contributed by atoms with Gasteiger partial charge < -0.3 is 0 Å². The van der Waals surface area contributed by atoms with Crippen LogP contribution in [0.4, 0.5) is 0 Å². The van der Waals surface area contributed by atoms with Crippen LogP contribution in [0.3, 0.4) is 0 Å². The highest BCUT2D eigenvalue weighted by molar-refractivity contribution is 6.19. The Labute approximate surface area is 128 Å². The predicted octanol–water partition coefficient (Wildman–Crippen LogP) is 1.41. The van der Waals surface area contributed by atoms with E-state index in [-0.39, 0.29) is 5.57 Å². The molecule has 0 aromatic carbocycles. The molecule has 0 aromatic heterocycles. The summed E-state index contributed by atoms with van der Waals surface area (Å²) in [6, 6.07) is 0. The van der Waals surface area contributed by atoms with E-state index in [4.69, 9.17) is 4.94 Å². The monoisotopic (exact) mass is 306 g/mol. The van der Waals surface area contributed by atoms with E-state index >= 15 is 0 Å². The Morgan fingerprint density at radius 1 is 0.864 bits per heavy atom. The minimum absolute atomic E-state index is 0.194. The van der Waals surface area contributed by atoms with Crippen LogP contribution in [0.1, 0.15) is 46.5 Å². The van der Waals surface area contributed by atoms with Gasteiger partial charge in [0.25, 0.3) is 23.6 Å². The normalized spacial score (nSPS) is 19.0. The molecular formula is C15H18N2O5. The van der Waals surface area contributed by atoms with Crippen molar-refractivity contribution < 1.29 is 24.1 Å². The summed E-state index contributed by atoms with van der Waals surface area (Å²) in [5, 5.41) is 0.946. The summed E-state index contributed by atoms with van der Waals surface area (Å²) in [4.78, 5) is 53.1. The Morgan fingerprint density at radius 2 is 1.36 bits per heavy atom. The summed E-state index contributed by atoms with van der Waals surface area (Å²) in [7, 11) is 0. The summed E-state index contributed by atoms with van der Waals surface area (Å²) in [5.74, 6) is -2.57. The molecule has 0 N–H and O–H groups in total. The first-order valence-corrected chi connectivity index (χ1v) is 7.27. The molecule has 0 radical (unpaired) electrons. The van der Waals surface area contributed by atoms with Gasteiger partial charge in [0, 0.05) is 22.8 Å². The van der Waals surface area contributed by atoms with E-state index in [1.807, 2.05) is 13.8 Å². The highest BCUT2D eigenvalue weighted by atomic mass is 16.9. The molecule has 7 heteroatoms. The van der Waals surface area contributed by atoms with Gasteiger partial charge in [-0.1, -0.05) is 26.7 Å². The highest BCUT2D eigenvalue weighted by Gasteiger charge is 2.42. The molecule has 2 aliphatic heterocycles. The Hall–Kier alpha value is -2.28. The highest BCUT2D eigenvalue weighted by Crippen LogP contribution is 2.29. The molecule has 0 aromatic rings. The zero-order valence-corrected chi connectivity index (χ0v) is 12.8. The summed E-state index contributed by atoms with van der Waals surface area (Å²) in [5.41, 5.74) is 0.996. The van der Waals surface area contributed by atoms with Crippen molar-refractivity contribution in [1.29, 1.82) is 0 Å². The van der Waals surface area contributed by atoms with Gasteiger partial charge in [0.15, 0.2) is 0 Å². The molecule has 0 saturated carbocycles. The fourth-order valence-electron chi connectivity index (χ4n) is 2.41. The largest absolute Gasteiger partial charge is 0.283 e. The van der Waals surface area contributed by atoms with Crippen molar-refractivity contribution in [2.24, 2.45) is 0 Å². The lowest BCUT2D eigenvalue weighted by Gasteiger charge is -2.19. The van der Waals surface area contributed by atoms with Crippen LogP contribution >= 0.6 is 0 Å². The second-order valence-corrected chi connectivity index (χ2v) is 5.21. The minimum atomic E-state index is -0.705. The summed E-state index contributed by atoms with van der Waals surface area (Å²) < 4.78 is 0. The smallest absolute Gasteiger partial charge is 0.267 e. The van der Waals surface area contributed by atoms with Gasteiger partial charge in [0.1, 0.15) is 0 Å². The third-order valence-corrected chi connectivity index (χ3v) is 3.47. The Balaban J connectivity index is 2.21. The third-order valence-electron chi connectivity index (χ3n) is 3.47. The second-order valence-electron chi connectivity index (χ2n) is 5.21. The Bertz CT molecular complexity index is 589. The molecule has 0 bridgehead atoms. The van der Waals surface area contributed by atoms with Crippen molar-refractivity contribution in [3.05, 3.63) is 22.8 Å². The third kappa shape index (κ3) is 2.59. The quantitative estimate of drug-likeness (QED) is 0.693. The van der Waals surface area contributed by atoms with Gasteiger partial charge in [0.05, 0.1) is 0 Å². The standard InChI is InChI=1S/C15H18N2O5/c1-4-6-10-11(7-5-2)15(21)17(14(10)20)22-16-12(18)8-9(3)13(16)19/h8H,4-7H2,1-3H3. The van der Waals surface area contributed by atoms with Crippen molar-refractivity contribution in [3.63, 3.8) is 0 Å². The summed E-state index contributed by atoms with van der Waals surface area (Å²) >= 11 is 0. The first-order valence-electron chi connectivity index (χ1n) is 7.27. The van der Waals surface area contributed by atoms with Crippen molar-refractivity contribution in [1.82, 2.24) is 10.1 Å². The number of imide groups is 2. The van der Waals surface area contributed by atoms with Gasteiger partial charge in [-0.25, -0.2) is 0 Å². The van der Waals surface area contributed by atoms with E-state index in [0.29, 0.717) is 47.0 Å². The number of hydrogen-bond acceptors (Lipinski definition) is 5. The average Bonchev–Trinajstić information content (AvgIpc) is 2.84. The van der Waals surface area contributed by atoms with E-state index in [1.165, 1.54) is 6.92 Å². The molecule has 2 aliphatic rings. The molecule has 118 valence electrons. The van der Waals surface area contributed by atoms with Gasteiger partial charge in [-0.2, -0.15) is 0 Å². The molecule has 2 rings (SSSR count). The maximum atomic E-state index is 12.3. The van der Waals surface area contributed by atoms with Crippen molar-refractivity contribution >= 4 is 23.6 Å². The van der Waals surface area contributed by atoms with Crippen LogP contribution in [0.15, 0.2) is 22.8 Å². The van der Waals surface area contributed by atoms with Crippen molar-refractivity contribution in [2.75, 3.05) is 0 Å². The zero-order chi connectivity index (χ0) is 16.4. The Morgan fingerprint density at radius 3 is 1.73 bits per heavy atom. The maximum absolute atomic E-state index is 12.3. The fraction of sp³-hybridized carbons (Fsp3) is 0.467. The van der Waals surface area contributed by atoms with E-state index in [0.717, 1.165) is 6.08 Å². The number of carbonyl (C=O) groups excluding carboxylic acids is 4. The van der Waals surface area contributed by atoms with Crippen molar-refractivity contribution in [3.8, 4) is 0 Å². The molecule has 0 unspecified atom stereocenters. The Kier molecular flexibility index (Phi) is 4.56. The van der Waals surface area contributed by atoms with Gasteiger partial charge in [0.2, 0.25) is 0 Å². The molecule has 22 heavy (non-hydrogen) atoms. The molecule has 0 atom stereocenters. The average molecular weight is 306 g/mol. The van der Waals surface area contributed by atoms with Crippen LogP contribution in [0, 0.1) is 0 Å². The van der Waals surface area contributed by atoms with E-state index in [9.17, 15) is 19.2 Å². The lowest BCUT2D eigenvalue weighted by atomic mass is 10.0. The zero-order valence-electron chi connectivity index (χ0n) is 12.8. The van der Waals surface area contributed by atoms with Crippen LogP contribution < -0.4 is 0 Å². The van der Waals surface area contributed by atoms with Gasteiger partial charge in [-0.15, -0.1) is 15.1 Å². The van der Waals surface area contributed by atoms with Crippen LogP contribution in [0.5, 0.6) is 0 Å². The topological polar surface area (TPSA) is 84.0 Å². The molecule has 0 fully saturated rings. The van der Waals surface area contributed by atoms with Crippen LogP contribution in [0.2, 0.25) is 0 Å². The number of hydrogen-bond donors (Lipinski definition) is 0. The predicted molar refractivity (Wildman–Crippen MR) is 75.4 cm³/mol. The molecule has 0 spiro atoms. The van der Waals surface area contributed by atoms with Crippen LogP contribution in [-0.2, 0) is 24.1 Å². The molecular weight excluding hydrogens is 288 g/mol. The van der Waals surface area contributed by atoms with Gasteiger partial charge >= 0.3 is 0 Å². The number of hydroxylamine groups is 4. The number of nitrogens with zero attached hydrogens (tertiary/aromatic N) is 2. The molecule has 4 amide bonds. The number of amides is 4. The summed E-state index contributed by atoms with van der Waals surface area (Å²) in [6.45, 7) is 5.26. The van der Waals surface area contributed by atoms with Crippen molar-refractivity contribution in [2.45, 2.75) is 46.5 Å². The molecule has 7 nitrogen and oxygen atoms in total. The number of carbonyl (C=O) groups is 4. The van der Waals surface area contributed by atoms with E-state index in [2.05, 4.69) is 0 Å². The lowest BCUT2D eigenvalue weighted by Crippen LogP contribution is -2.43. The second kappa shape index (κ2) is 6.23. The first-order chi connectivity index (χ1) is 10.4. The fourth-order valence-corrected chi connectivity index (χ4v) is 2.41. The minimum Gasteiger partial charge on any atom is -0.267 e. The molecule has 2 heterocycles. The van der Waals surface area contributed by atoms with Crippen LogP contribution in [-0.4, -0.2) is 33.8 Å². The molecule has 0 aliphatic carbocycles. The van der Waals surface area contributed by atoms with Crippen LogP contribution in [0.25, 0.3) is 0 Å². The summed E-state index contributed by atoms with van der Waals surface area (Å²) in [6.07, 6.45) is 3.42. The van der Waals surface area contributed by atoms with E-state index < -0.39 is 23.6 Å². The van der Waals surface area contributed by atoms with Gasteiger partial charge in [-0.3, -0.25) is 19.2 Å². The SMILES string of the molecule is CCCC1=C(CCC)C(=O)N(ON2C(=O)C=C(C)C2=O)C1=O. The first kappa shape index (κ1) is 16.1. The number of rotatable bonds is 6. The van der Waals surface area contributed by atoms with E-state index in [1.54, 1.807) is 0 Å². The lowest BCUT2D eigenvalue weighted by molar-refractivity contribution is -0.267. The van der Waals surface area contributed by atoms with Gasteiger partial charge in [-0.05, 0) is 19.8 Å². The molecule has 0 saturated heterocycles. The maximum Gasteiger partial charge on any atom is 0.283 e.